The van der Waals surface area contributed by atoms with E-state index in [1.165, 1.54) is 0 Å². The maximum atomic E-state index is 6.04. The first-order chi connectivity index (χ1) is 12.9. The summed E-state index contributed by atoms with van der Waals surface area (Å²) < 4.78 is 11.9. The molecule has 3 aromatic rings. The normalized spacial score (nSPS) is 18.1. The third-order valence-electron chi connectivity index (χ3n) is 4.50. The highest BCUT2D eigenvalue weighted by Gasteiger charge is 2.22. The van der Waals surface area contributed by atoms with E-state index in [1.807, 2.05) is 48.5 Å². The molecule has 2 aromatic heterocycles. The van der Waals surface area contributed by atoms with Gasteiger partial charge in [-0.2, -0.15) is 0 Å². The summed E-state index contributed by atoms with van der Waals surface area (Å²) in [5, 5.41) is 8.36. The Balaban J connectivity index is 1.32. The predicted octanol–water partition coefficient (Wildman–Crippen LogP) is 3.31. The first-order valence-corrected chi connectivity index (χ1v) is 8.98. The second kappa shape index (κ2) is 8.21. The van der Waals surface area contributed by atoms with E-state index in [9.17, 15) is 0 Å². The van der Waals surface area contributed by atoms with Crippen LogP contribution in [0.4, 0.5) is 0 Å². The van der Waals surface area contributed by atoms with Gasteiger partial charge in [-0.3, -0.25) is 9.88 Å². The quantitative estimate of drug-likeness (QED) is 0.679. The van der Waals surface area contributed by atoms with Gasteiger partial charge >= 0.3 is 0 Å². The van der Waals surface area contributed by atoms with Crippen molar-refractivity contribution in [1.82, 2.24) is 20.1 Å². The number of piperidine rings is 1. The van der Waals surface area contributed by atoms with Crippen LogP contribution in [0.25, 0.3) is 11.5 Å². The zero-order valence-corrected chi connectivity index (χ0v) is 14.6. The summed E-state index contributed by atoms with van der Waals surface area (Å²) in [7, 11) is 0. The minimum atomic E-state index is 0.210. The number of aromatic nitrogens is 3. The summed E-state index contributed by atoms with van der Waals surface area (Å²) in [5.41, 5.74) is 1.91. The molecule has 0 spiro atoms. The third-order valence-corrected chi connectivity index (χ3v) is 4.50. The summed E-state index contributed by atoms with van der Waals surface area (Å²) in [4.78, 5) is 6.62. The molecule has 26 heavy (non-hydrogen) atoms. The van der Waals surface area contributed by atoms with Crippen LogP contribution in [-0.2, 0) is 17.9 Å². The fraction of sp³-hybridized carbons (Fsp3) is 0.350. The Morgan fingerprint density at radius 2 is 1.96 bits per heavy atom. The number of pyridine rings is 1. The van der Waals surface area contributed by atoms with Crippen molar-refractivity contribution in [3.63, 3.8) is 0 Å². The topological polar surface area (TPSA) is 64.3 Å². The summed E-state index contributed by atoms with van der Waals surface area (Å²) >= 11 is 0. The molecule has 4 rings (SSSR count). The van der Waals surface area contributed by atoms with Crippen LogP contribution in [0.15, 0.2) is 59.1 Å². The van der Waals surface area contributed by atoms with Crippen molar-refractivity contribution >= 4 is 0 Å². The van der Waals surface area contributed by atoms with Crippen LogP contribution in [0.3, 0.4) is 0 Å². The minimum absolute atomic E-state index is 0.210. The van der Waals surface area contributed by atoms with E-state index < -0.39 is 0 Å². The fourth-order valence-electron chi connectivity index (χ4n) is 3.19. The monoisotopic (exact) mass is 350 g/mol. The summed E-state index contributed by atoms with van der Waals surface area (Å²) in [6.45, 7) is 3.10. The van der Waals surface area contributed by atoms with Crippen LogP contribution in [0.1, 0.15) is 24.4 Å². The molecule has 134 valence electrons. The van der Waals surface area contributed by atoms with E-state index in [4.69, 9.17) is 9.15 Å². The molecule has 6 heteroatoms. The highest BCUT2D eigenvalue weighted by atomic mass is 16.5. The van der Waals surface area contributed by atoms with Crippen LogP contribution in [0, 0.1) is 0 Å². The molecule has 0 bridgehead atoms. The first-order valence-electron chi connectivity index (χ1n) is 8.98. The molecular formula is C20H22N4O2. The third kappa shape index (κ3) is 4.33. The molecule has 0 saturated carbocycles. The van der Waals surface area contributed by atoms with Gasteiger partial charge in [-0.05, 0) is 43.7 Å². The van der Waals surface area contributed by atoms with Gasteiger partial charge in [0.15, 0.2) is 0 Å². The highest BCUT2D eigenvalue weighted by Crippen LogP contribution is 2.20. The Morgan fingerprint density at radius 3 is 2.81 bits per heavy atom. The number of rotatable bonds is 6. The van der Waals surface area contributed by atoms with Gasteiger partial charge in [0.2, 0.25) is 11.8 Å². The molecule has 1 unspecified atom stereocenters. The Hall–Kier alpha value is -2.57. The van der Waals surface area contributed by atoms with Crippen LogP contribution in [0.5, 0.6) is 0 Å². The molecule has 1 aliphatic rings. The molecule has 0 amide bonds. The van der Waals surface area contributed by atoms with Crippen molar-refractivity contribution < 1.29 is 9.15 Å². The van der Waals surface area contributed by atoms with E-state index in [0.717, 1.165) is 37.2 Å². The summed E-state index contributed by atoms with van der Waals surface area (Å²) in [5.74, 6) is 1.22. The molecule has 0 N–H and O–H groups in total. The molecule has 1 saturated heterocycles. The van der Waals surface area contributed by atoms with Crippen LogP contribution in [0.2, 0.25) is 0 Å². The Morgan fingerprint density at radius 1 is 1.08 bits per heavy atom. The van der Waals surface area contributed by atoms with Gasteiger partial charge in [-0.1, -0.05) is 24.3 Å². The van der Waals surface area contributed by atoms with E-state index >= 15 is 0 Å². The second-order valence-corrected chi connectivity index (χ2v) is 6.50. The van der Waals surface area contributed by atoms with Crippen molar-refractivity contribution in [2.24, 2.45) is 0 Å². The van der Waals surface area contributed by atoms with Crippen LogP contribution < -0.4 is 0 Å². The van der Waals surface area contributed by atoms with Crippen molar-refractivity contribution in [2.75, 3.05) is 13.1 Å². The predicted molar refractivity (Wildman–Crippen MR) is 97.1 cm³/mol. The van der Waals surface area contributed by atoms with E-state index in [1.54, 1.807) is 6.20 Å². The molecular weight excluding hydrogens is 328 g/mol. The zero-order chi connectivity index (χ0) is 17.6. The number of hydrogen-bond donors (Lipinski definition) is 0. The van der Waals surface area contributed by atoms with Gasteiger partial charge in [-0.25, -0.2) is 0 Å². The average Bonchev–Trinajstić information content (AvgIpc) is 3.17. The second-order valence-electron chi connectivity index (χ2n) is 6.50. The summed E-state index contributed by atoms with van der Waals surface area (Å²) in [6, 6.07) is 15.7. The number of ether oxygens (including phenoxy) is 1. The van der Waals surface area contributed by atoms with Crippen LogP contribution >= 0.6 is 0 Å². The van der Waals surface area contributed by atoms with Gasteiger partial charge in [0, 0.05) is 18.3 Å². The molecule has 0 aliphatic carbocycles. The van der Waals surface area contributed by atoms with Gasteiger partial charge in [0.1, 0.15) is 0 Å². The smallest absolute Gasteiger partial charge is 0.247 e. The summed E-state index contributed by atoms with van der Waals surface area (Å²) in [6.07, 6.45) is 4.18. The molecule has 1 aliphatic heterocycles. The SMILES string of the molecule is c1ccc(-c2nnc(CN3CCCC(OCc4ccccn4)C3)o2)cc1. The van der Waals surface area contributed by atoms with Crippen molar-refractivity contribution in [3.05, 3.63) is 66.3 Å². The van der Waals surface area contributed by atoms with Gasteiger partial charge in [-0.15, -0.1) is 10.2 Å². The first kappa shape index (κ1) is 16.9. The standard InChI is InChI=1S/C20H22N4O2/c1-2-7-16(8-3-1)20-23-22-19(26-20)14-24-12-6-10-18(13-24)25-15-17-9-4-5-11-21-17/h1-5,7-9,11,18H,6,10,12-15H2. The number of nitrogens with zero attached hydrogens (tertiary/aromatic N) is 4. The molecule has 6 nitrogen and oxygen atoms in total. The highest BCUT2D eigenvalue weighted by molar-refractivity contribution is 5.51. The molecule has 1 fully saturated rings. The average molecular weight is 350 g/mol. The Labute approximate surface area is 152 Å². The minimum Gasteiger partial charge on any atom is -0.419 e. The lowest BCUT2D eigenvalue weighted by atomic mass is 10.1. The number of hydrogen-bond acceptors (Lipinski definition) is 6. The van der Waals surface area contributed by atoms with E-state index in [0.29, 0.717) is 24.9 Å². The van der Waals surface area contributed by atoms with Gasteiger partial charge < -0.3 is 9.15 Å². The lowest BCUT2D eigenvalue weighted by Gasteiger charge is -2.31. The Kier molecular flexibility index (Phi) is 5.33. The zero-order valence-electron chi connectivity index (χ0n) is 14.6. The van der Waals surface area contributed by atoms with Crippen LogP contribution in [-0.4, -0.2) is 39.3 Å². The maximum absolute atomic E-state index is 6.04. The van der Waals surface area contributed by atoms with Gasteiger partial charge in [0.25, 0.3) is 0 Å². The fourth-order valence-corrected chi connectivity index (χ4v) is 3.19. The largest absolute Gasteiger partial charge is 0.419 e. The van der Waals surface area contributed by atoms with E-state index in [-0.39, 0.29) is 6.10 Å². The van der Waals surface area contributed by atoms with Crippen molar-refractivity contribution in [1.29, 1.82) is 0 Å². The lowest BCUT2D eigenvalue weighted by molar-refractivity contribution is -0.0149. The van der Waals surface area contributed by atoms with E-state index in [2.05, 4.69) is 20.1 Å². The number of benzene rings is 1. The molecule has 3 heterocycles. The van der Waals surface area contributed by atoms with Crippen molar-refractivity contribution in [2.45, 2.75) is 32.1 Å². The lowest BCUT2D eigenvalue weighted by Crippen LogP contribution is -2.39. The number of likely N-dealkylation sites (tertiary alicyclic amines) is 1. The maximum Gasteiger partial charge on any atom is 0.247 e. The van der Waals surface area contributed by atoms with Crippen molar-refractivity contribution in [3.8, 4) is 11.5 Å². The Bertz CT molecular complexity index is 807. The van der Waals surface area contributed by atoms with Gasteiger partial charge in [0.05, 0.1) is 24.9 Å². The molecule has 1 atom stereocenters. The molecule has 0 radical (unpaired) electrons. The molecule has 1 aromatic carbocycles.